The predicted molar refractivity (Wildman–Crippen MR) is 86.9 cm³/mol. The van der Waals surface area contributed by atoms with Gasteiger partial charge in [-0.25, -0.2) is 0 Å². The van der Waals surface area contributed by atoms with E-state index in [1.165, 1.54) is 0 Å². The number of benzene rings is 2. The second-order valence-electron chi connectivity index (χ2n) is 4.54. The number of nitrogens with two attached hydrogens (primary N) is 1. The van der Waals surface area contributed by atoms with Crippen molar-refractivity contribution in [3.05, 3.63) is 53.1 Å². The fraction of sp³-hybridized carbons (Fsp3) is 0.133. The van der Waals surface area contributed by atoms with Gasteiger partial charge in [-0.3, -0.25) is 9.00 Å². The molecule has 0 saturated heterocycles. The molecule has 3 N–H and O–H groups in total. The van der Waals surface area contributed by atoms with Crippen molar-refractivity contribution in [3.8, 4) is 0 Å². The quantitative estimate of drug-likeness (QED) is 0.850. The van der Waals surface area contributed by atoms with Crippen LogP contribution in [0.2, 0.25) is 5.02 Å². The lowest BCUT2D eigenvalue weighted by Crippen LogP contribution is -2.20. The number of carbonyl (C=O) groups excluding carboxylic acids is 1. The van der Waals surface area contributed by atoms with Crippen molar-refractivity contribution < 1.29 is 9.00 Å². The minimum atomic E-state index is -1.39. The van der Waals surface area contributed by atoms with Gasteiger partial charge in [-0.1, -0.05) is 29.8 Å². The van der Waals surface area contributed by atoms with E-state index in [9.17, 15) is 9.00 Å². The zero-order valence-corrected chi connectivity index (χ0v) is 13.0. The number of aryl methyl sites for hydroxylation is 1. The van der Waals surface area contributed by atoms with Crippen LogP contribution in [0.5, 0.6) is 0 Å². The van der Waals surface area contributed by atoms with E-state index in [2.05, 4.69) is 5.32 Å². The molecular formula is C15H15ClN2O2S. The van der Waals surface area contributed by atoms with Crippen LogP contribution in [-0.4, -0.2) is 15.9 Å². The number of anilines is 2. The van der Waals surface area contributed by atoms with Crippen LogP contribution in [0.15, 0.2) is 47.4 Å². The summed E-state index contributed by atoms with van der Waals surface area (Å²) in [4.78, 5) is 12.6. The average Bonchev–Trinajstić information content (AvgIpc) is 2.42. The van der Waals surface area contributed by atoms with Gasteiger partial charge < -0.3 is 11.1 Å². The topological polar surface area (TPSA) is 72.2 Å². The molecule has 0 saturated carbocycles. The molecule has 2 rings (SSSR count). The molecule has 1 unspecified atom stereocenters. The monoisotopic (exact) mass is 322 g/mol. The predicted octanol–water partition coefficient (Wildman–Crippen LogP) is 2.98. The molecule has 2 aromatic carbocycles. The highest BCUT2D eigenvalue weighted by Crippen LogP contribution is 2.24. The molecule has 21 heavy (non-hydrogen) atoms. The Labute approximate surface area is 130 Å². The third-order valence-corrected chi connectivity index (χ3v) is 4.65. The van der Waals surface area contributed by atoms with Gasteiger partial charge in [0.15, 0.2) is 0 Å². The lowest BCUT2D eigenvalue weighted by Gasteiger charge is -2.09. The van der Waals surface area contributed by atoms with Crippen LogP contribution in [0.1, 0.15) is 5.56 Å². The maximum Gasteiger partial charge on any atom is 0.237 e. The van der Waals surface area contributed by atoms with Crippen molar-refractivity contribution in [2.24, 2.45) is 0 Å². The van der Waals surface area contributed by atoms with E-state index < -0.39 is 10.8 Å². The van der Waals surface area contributed by atoms with E-state index >= 15 is 0 Å². The molecule has 0 aliphatic carbocycles. The van der Waals surface area contributed by atoms with Gasteiger partial charge in [-0.2, -0.15) is 0 Å². The number of nitrogen functional groups attached to an aromatic ring is 1. The van der Waals surface area contributed by atoms with Crippen LogP contribution in [0, 0.1) is 6.92 Å². The van der Waals surface area contributed by atoms with Crippen LogP contribution >= 0.6 is 11.6 Å². The third kappa shape index (κ3) is 4.06. The standard InChI is InChI=1S/C15H15ClN2O2S/c1-10-4-2-3-5-14(10)21(20)9-15(19)18-13-7-6-11(17)8-12(13)16/h2-8H,9,17H2,1H3,(H,18,19). The zero-order chi connectivity index (χ0) is 15.4. The molecule has 0 aliphatic heterocycles. The summed E-state index contributed by atoms with van der Waals surface area (Å²) in [5.41, 5.74) is 7.45. The van der Waals surface area contributed by atoms with Crippen molar-refractivity contribution in [1.82, 2.24) is 0 Å². The lowest BCUT2D eigenvalue weighted by molar-refractivity contribution is -0.113. The zero-order valence-electron chi connectivity index (χ0n) is 11.4. The Bertz CT molecular complexity index is 704. The number of nitrogens with one attached hydrogen (secondary N) is 1. The van der Waals surface area contributed by atoms with E-state index in [1.54, 1.807) is 30.3 Å². The Balaban J connectivity index is 2.05. The number of hydrogen-bond acceptors (Lipinski definition) is 3. The van der Waals surface area contributed by atoms with Gasteiger partial charge in [-0.05, 0) is 36.8 Å². The Kier molecular flexibility index (Phi) is 4.98. The third-order valence-electron chi connectivity index (χ3n) is 2.87. The Hall–Kier alpha value is -1.85. The summed E-state index contributed by atoms with van der Waals surface area (Å²) in [7, 11) is -1.39. The maximum absolute atomic E-state index is 12.2. The van der Waals surface area contributed by atoms with Crippen LogP contribution in [0.25, 0.3) is 0 Å². The van der Waals surface area contributed by atoms with Crippen molar-refractivity contribution in [3.63, 3.8) is 0 Å². The van der Waals surface area contributed by atoms with Crippen LogP contribution in [-0.2, 0) is 15.6 Å². The number of halogens is 1. The largest absolute Gasteiger partial charge is 0.399 e. The summed E-state index contributed by atoms with van der Waals surface area (Å²) >= 11 is 5.98. The first-order valence-corrected chi connectivity index (χ1v) is 7.96. The molecule has 0 bridgehead atoms. The molecule has 4 nitrogen and oxygen atoms in total. The highest BCUT2D eigenvalue weighted by atomic mass is 35.5. The Morgan fingerprint density at radius 3 is 2.67 bits per heavy atom. The average molecular weight is 323 g/mol. The van der Waals surface area contributed by atoms with Gasteiger partial charge >= 0.3 is 0 Å². The molecule has 0 spiro atoms. The van der Waals surface area contributed by atoms with Crippen molar-refractivity contribution in [2.45, 2.75) is 11.8 Å². The van der Waals surface area contributed by atoms with E-state index in [0.29, 0.717) is 21.3 Å². The number of amides is 1. The number of rotatable bonds is 4. The molecule has 1 atom stereocenters. The van der Waals surface area contributed by atoms with E-state index in [4.69, 9.17) is 17.3 Å². The normalized spacial score (nSPS) is 11.9. The van der Waals surface area contributed by atoms with Gasteiger partial charge in [0.05, 0.1) is 21.5 Å². The first-order chi connectivity index (χ1) is 9.97. The minimum absolute atomic E-state index is 0.119. The van der Waals surface area contributed by atoms with Gasteiger partial charge in [0.25, 0.3) is 0 Å². The van der Waals surface area contributed by atoms with Gasteiger partial charge in [0.1, 0.15) is 5.75 Å². The lowest BCUT2D eigenvalue weighted by atomic mass is 10.2. The first kappa shape index (κ1) is 15.5. The van der Waals surface area contributed by atoms with Crippen molar-refractivity contribution in [2.75, 3.05) is 16.8 Å². The summed E-state index contributed by atoms with van der Waals surface area (Å²) in [6.07, 6.45) is 0. The molecule has 0 radical (unpaired) electrons. The van der Waals surface area contributed by atoms with Crippen LogP contribution < -0.4 is 11.1 Å². The van der Waals surface area contributed by atoms with Crippen LogP contribution in [0.4, 0.5) is 11.4 Å². The summed E-state index contributed by atoms with van der Waals surface area (Å²) in [6.45, 7) is 1.86. The fourth-order valence-corrected chi connectivity index (χ4v) is 3.19. The van der Waals surface area contributed by atoms with E-state index in [0.717, 1.165) is 5.56 Å². The molecule has 0 aromatic heterocycles. The SMILES string of the molecule is Cc1ccccc1S(=O)CC(=O)Nc1ccc(N)cc1Cl. The molecular weight excluding hydrogens is 308 g/mol. The summed E-state index contributed by atoms with van der Waals surface area (Å²) in [6, 6.07) is 12.1. The number of hydrogen-bond donors (Lipinski definition) is 2. The van der Waals surface area contributed by atoms with Crippen LogP contribution in [0.3, 0.4) is 0 Å². The van der Waals surface area contributed by atoms with Crippen molar-refractivity contribution >= 4 is 39.7 Å². The van der Waals surface area contributed by atoms with E-state index in [-0.39, 0.29) is 11.7 Å². The minimum Gasteiger partial charge on any atom is -0.399 e. The highest BCUT2D eigenvalue weighted by molar-refractivity contribution is 7.85. The molecule has 1 amide bonds. The number of carbonyl (C=O) groups is 1. The molecule has 0 aliphatic rings. The van der Waals surface area contributed by atoms with Gasteiger partial charge in [0.2, 0.25) is 5.91 Å². The molecule has 110 valence electrons. The molecule has 0 fully saturated rings. The summed E-state index contributed by atoms with van der Waals surface area (Å²) < 4.78 is 12.2. The second-order valence-corrected chi connectivity index (χ2v) is 6.37. The molecule has 2 aromatic rings. The van der Waals surface area contributed by atoms with Gasteiger partial charge in [0, 0.05) is 10.6 Å². The highest BCUT2D eigenvalue weighted by Gasteiger charge is 2.13. The Morgan fingerprint density at radius 1 is 1.29 bits per heavy atom. The second kappa shape index (κ2) is 6.74. The summed E-state index contributed by atoms with van der Waals surface area (Å²) in [5.74, 6) is -0.478. The van der Waals surface area contributed by atoms with Gasteiger partial charge in [-0.15, -0.1) is 0 Å². The van der Waals surface area contributed by atoms with E-state index in [1.807, 2.05) is 19.1 Å². The van der Waals surface area contributed by atoms with Crippen molar-refractivity contribution in [1.29, 1.82) is 0 Å². The first-order valence-electron chi connectivity index (χ1n) is 6.26. The fourth-order valence-electron chi connectivity index (χ4n) is 1.83. The smallest absolute Gasteiger partial charge is 0.237 e. The molecule has 6 heteroatoms. The maximum atomic E-state index is 12.2. The molecule has 0 heterocycles. The Morgan fingerprint density at radius 2 is 2.00 bits per heavy atom. The summed E-state index contributed by atoms with van der Waals surface area (Å²) in [5, 5.41) is 2.99.